The normalized spacial score (nSPS) is 18.1. The number of hydrogen-bond donors (Lipinski definition) is 1. The average molecular weight is 263 g/mol. The fourth-order valence-corrected chi connectivity index (χ4v) is 2.72. The third-order valence-corrected chi connectivity index (χ3v) is 3.58. The van der Waals surface area contributed by atoms with Gasteiger partial charge in [-0.15, -0.1) is 10.2 Å². The number of nitrogens with zero attached hydrogens (tertiary/aromatic N) is 2. The summed E-state index contributed by atoms with van der Waals surface area (Å²) in [5, 5.41) is 9.83. The zero-order valence-corrected chi connectivity index (χ0v) is 9.81. The number of hydrogen-bond acceptors (Lipinski definition) is 4. The van der Waals surface area contributed by atoms with E-state index in [9.17, 15) is 13.2 Å². The first kappa shape index (κ1) is 12.5. The molecular formula is C10H12F3N3S. The molecule has 0 atom stereocenters. The average Bonchev–Trinajstić information content (AvgIpc) is 2.30. The third kappa shape index (κ3) is 3.49. The highest BCUT2D eigenvalue weighted by Crippen LogP contribution is 2.27. The van der Waals surface area contributed by atoms with Crippen LogP contribution in [0, 0.1) is 0 Å². The van der Waals surface area contributed by atoms with E-state index in [1.165, 1.54) is 6.07 Å². The highest BCUT2D eigenvalue weighted by atomic mass is 32.2. The number of aromatic nitrogens is 2. The van der Waals surface area contributed by atoms with Crippen LogP contribution in [-0.4, -0.2) is 27.7 Å². The van der Waals surface area contributed by atoms with Crippen LogP contribution >= 0.6 is 11.8 Å². The van der Waals surface area contributed by atoms with Gasteiger partial charge in [0.05, 0.1) is 0 Å². The van der Waals surface area contributed by atoms with Crippen molar-refractivity contribution in [2.24, 2.45) is 0 Å². The van der Waals surface area contributed by atoms with E-state index >= 15 is 0 Å². The van der Waals surface area contributed by atoms with E-state index in [0.29, 0.717) is 11.9 Å². The molecule has 0 bridgehead atoms. The summed E-state index contributed by atoms with van der Waals surface area (Å²) >= 11 is 1.89. The number of halogens is 3. The zero-order chi connectivity index (χ0) is 12.3. The van der Waals surface area contributed by atoms with Crippen LogP contribution < -0.4 is 5.32 Å². The van der Waals surface area contributed by atoms with Crippen LogP contribution in [0.2, 0.25) is 0 Å². The first-order valence-corrected chi connectivity index (χ1v) is 6.46. The molecular weight excluding hydrogens is 251 g/mol. The fourth-order valence-electron chi connectivity index (χ4n) is 1.61. The molecule has 2 heterocycles. The molecule has 0 spiro atoms. The Morgan fingerprint density at radius 1 is 1.18 bits per heavy atom. The predicted octanol–water partition coefficient (Wildman–Crippen LogP) is 2.80. The molecule has 2 rings (SSSR count). The van der Waals surface area contributed by atoms with Gasteiger partial charge < -0.3 is 5.32 Å². The maximum absolute atomic E-state index is 12.3. The topological polar surface area (TPSA) is 37.8 Å². The largest absolute Gasteiger partial charge is 0.435 e. The van der Waals surface area contributed by atoms with Gasteiger partial charge in [0, 0.05) is 6.04 Å². The Labute approximate surface area is 101 Å². The van der Waals surface area contributed by atoms with E-state index in [-0.39, 0.29) is 0 Å². The second-order valence-electron chi connectivity index (χ2n) is 3.83. The molecule has 0 unspecified atom stereocenters. The lowest BCUT2D eigenvalue weighted by atomic mass is 10.1. The Balaban J connectivity index is 1.98. The molecule has 17 heavy (non-hydrogen) atoms. The number of rotatable bonds is 2. The zero-order valence-electron chi connectivity index (χ0n) is 9.00. The maximum Gasteiger partial charge on any atom is 0.435 e. The first-order chi connectivity index (χ1) is 8.05. The molecule has 0 aromatic carbocycles. The highest BCUT2D eigenvalue weighted by molar-refractivity contribution is 7.99. The highest BCUT2D eigenvalue weighted by Gasteiger charge is 2.32. The minimum absolute atomic E-state index is 0.294. The van der Waals surface area contributed by atoms with Crippen molar-refractivity contribution in [2.45, 2.75) is 25.1 Å². The summed E-state index contributed by atoms with van der Waals surface area (Å²) in [6, 6.07) is 2.58. The quantitative estimate of drug-likeness (QED) is 0.890. The van der Waals surface area contributed by atoms with Gasteiger partial charge >= 0.3 is 6.18 Å². The molecule has 0 amide bonds. The second kappa shape index (κ2) is 5.12. The summed E-state index contributed by atoms with van der Waals surface area (Å²) in [5.41, 5.74) is -0.956. The lowest BCUT2D eigenvalue weighted by Crippen LogP contribution is -2.25. The lowest BCUT2D eigenvalue weighted by Gasteiger charge is -2.22. The monoisotopic (exact) mass is 263 g/mol. The molecule has 7 heteroatoms. The molecule has 1 aliphatic rings. The van der Waals surface area contributed by atoms with Gasteiger partial charge in [-0.2, -0.15) is 24.9 Å². The van der Waals surface area contributed by atoms with Crippen LogP contribution in [0.15, 0.2) is 12.1 Å². The van der Waals surface area contributed by atoms with Crippen LogP contribution in [0.25, 0.3) is 0 Å². The Kier molecular flexibility index (Phi) is 3.76. The minimum atomic E-state index is -4.42. The summed E-state index contributed by atoms with van der Waals surface area (Å²) in [5.74, 6) is 2.56. The molecule has 0 saturated carbocycles. The fraction of sp³-hybridized carbons (Fsp3) is 0.600. The van der Waals surface area contributed by atoms with Crippen LogP contribution in [0.4, 0.5) is 19.0 Å². The van der Waals surface area contributed by atoms with Crippen LogP contribution in [-0.2, 0) is 6.18 Å². The second-order valence-corrected chi connectivity index (χ2v) is 5.06. The Morgan fingerprint density at radius 3 is 2.41 bits per heavy atom. The van der Waals surface area contributed by atoms with Gasteiger partial charge in [0.2, 0.25) is 0 Å². The van der Waals surface area contributed by atoms with Gasteiger partial charge in [0.15, 0.2) is 5.69 Å². The Bertz CT molecular complexity index is 360. The van der Waals surface area contributed by atoms with Crippen LogP contribution in [0.1, 0.15) is 18.5 Å². The van der Waals surface area contributed by atoms with Gasteiger partial charge in [-0.1, -0.05) is 0 Å². The van der Waals surface area contributed by atoms with Gasteiger partial charge in [-0.25, -0.2) is 0 Å². The van der Waals surface area contributed by atoms with E-state index in [1.807, 2.05) is 11.8 Å². The SMILES string of the molecule is FC(F)(F)c1ccc(NC2CCSCC2)nn1. The molecule has 1 aromatic heterocycles. The number of thioether (sulfide) groups is 1. The smallest absolute Gasteiger partial charge is 0.366 e. The molecule has 1 aromatic rings. The van der Waals surface area contributed by atoms with Crippen molar-refractivity contribution in [2.75, 3.05) is 16.8 Å². The number of alkyl halides is 3. The summed E-state index contributed by atoms with van der Waals surface area (Å²) in [4.78, 5) is 0. The molecule has 1 aliphatic heterocycles. The molecule has 94 valence electrons. The van der Waals surface area contributed by atoms with Gasteiger partial charge in [0.25, 0.3) is 0 Å². The van der Waals surface area contributed by atoms with Crippen molar-refractivity contribution < 1.29 is 13.2 Å². The van der Waals surface area contributed by atoms with Crippen molar-refractivity contribution in [3.63, 3.8) is 0 Å². The van der Waals surface area contributed by atoms with E-state index in [1.54, 1.807) is 0 Å². The third-order valence-electron chi connectivity index (χ3n) is 2.53. The molecule has 1 fully saturated rings. The van der Waals surface area contributed by atoms with E-state index in [2.05, 4.69) is 15.5 Å². The lowest BCUT2D eigenvalue weighted by molar-refractivity contribution is -0.141. The van der Waals surface area contributed by atoms with E-state index in [0.717, 1.165) is 30.4 Å². The maximum atomic E-state index is 12.3. The van der Waals surface area contributed by atoms with Gasteiger partial charge in [0.1, 0.15) is 5.82 Å². The van der Waals surface area contributed by atoms with Gasteiger partial charge in [-0.05, 0) is 36.5 Å². The van der Waals surface area contributed by atoms with Crippen LogP contribution in [0.3, 0.4) is 0 Å². The number of nitrogens with one attached hydrogen (secondary N) is 1. The minimum Gasteiger partial charge on any atom is -0.366 e. The first-order valence-electron chi connectivity index (χ1n) is 5.31. The summed E-state index contributed by atoms with van der Waals surface area (Å²) in [7, 11) is 0. The summed E-state index contributed by atoms with van der Waals surface area (Å²) in [6.45, 7) is 0. The molecule has 1 N–H and O–H groups in total. The molecule has 0 radical (unpaired) electrons. The van der Waals surface area contributed by atoms with Crippen molar-refractivity contribution in [3.05, 3.63) is 17.8 Å². The van der Waals surface area contributed by atoms with Crippen molar-refractivity contribution in [3.8, 4) is 0 Å². The standard InChI is InChI=1S/C10H12F3N3S/c11-10(12,13)8-1-2-9(16-15-8)14-7-3-5-17-6-4-7/h1-2,7H,3-6H2,(H,14,16). The van der Waals surface area contributed by atoms with Crippen LogP contribution in [0.5, 0.6) is 0 Å². The number of anilines is 1. The van der Waals surface area contributed by atoms with E-state index in [4.69, 9.17) is 0 Å². The Hall–Kier alpha value is -0.980. The molecule has 0 aliphatic carbocycles. The van der Waals surface area contributed by atoms with Crippen molar-refractivity contribution in [1.82, 2.24) is 10.2 Å². The summed E-state index contributed by atoms with van der Waals surface area (Å²) in [6.07, 6.45) is -2.41. The van der Waals surface area contributed by atoms with Crippen molar-refractivity contribution in [1.29, 1.82) is 0 Å². The predicted molar refractivity (Wildman–Crippen MR) is 61.0 cm³/mol. The van der Waals surface area contributed by atoms with Gasteiger partial charge in [-0.3, -0.25) is 0 Å². The molecule has 3 nitrogen and oxygen atoms in total. The molecule has 1 saturated heterocycles. The Morgan fingerprint density at radius 2 is 1.88 bits per heavy atom. The summed E-state index contributed by atoms with van der Waals surface area (Å²) < 4.78 is 36.8. The van der Waals surface area contributed by atoms with Crippen molar-refractivity contribution >= 4 is 17.6 Å². The van der Waals surface area contributed by atoms with E-state index < -0.39 is 11.9 Å².